The van der Waals surface area contributed by atoms with E-state index in [1.165, 1.54) is 0 Å². The molecule has 8 heteroatoms. The van der Waals surface area contributed by atoms with E-state index < -0.39 is 0 Å². The number of ether oxygens (including phenoxy) is 1. The molecule has 1 saturated heterocycles. The molecule has 0 atom stereocenters. The maximum absolute atomic E-state index is 10.7. The van der Waals surface area contributed by atoms with Gasteiger partial charge in [-0.15, -0.1) is 12.4 Å². The standard InChI is InChI=1S/C10H15N3O3S.ClH/c14-13(15)10-9(1-8-17-10)11-2-3-12-4-6-16-7-5-12;/h1,8,11H,2-7H2;1H. The molecule has 2 heterocycles. The lowest BCUT2D eigenvalue weighted by Gasteiger charge is -2.26. The number of hydrogen-bond acceptors (Lipinski definition) is 6. The summed E-state index contributed by atoms with van der Waals surface area (Å²) in [5.74, 6) is 0. The number of hydrogen-bond donors (Lipinski definition) is 1. The monoisotopic (exact) mass is 293 g/mol. The Morgan fingerprint density at radius 1 is 1.50 bits per heavy atom. The van der Waals surface area contributed by atoms with Gasteiger partial charge in [0.25, 0.3) is 0 Å². The summed E-state index contributed by atoms with van der Waals surface area (Å²) >= 11 is 1.15. The van der Waals surface area contributed by atoms with Crippen molar-refractivity contribution in [1.82, 2.24) is 4.90 Å². The van der Waals surface area contributed by atoms with Crippen molar-refractivity contribution in [3.8, 4) is 0 Å². The first kappa shape index (κ1) is 15.2. The minimum atomic E-state index is -0.346. The van der Waals surface area contributed by atoms with E-state index in [4.69, 9.17) is 4.74 Å². The Kier molecular flexibility index (Phi) is 6.34. The number of thiophene rings is 1. The smallest absolute Gasteiger partial charge is 0.347 e. The summed E-state index contributed by atoms with van der Waals surface area (Å²) in [5.41, 5.74) is 0.619. The molecule has 2 rings (SSSR count). The van der Waals surface area contributed by atoms with Crippen LogP contribution in [0, 0.1) is 10.1 Å². The van der Waals surface area contributed by atoms with E-state index in [-0.39, 0.29) is 22.3 Å². The maximum Gasteiger partial charge on any atom is 0.347 e. The van der Waals surface area contributed by atoms with E-state index in [1.807, 2.05) is 0 Å². The molecular weight excluding hydrogens is 278 g/mol. The van der Waals surface area contributed by atoms with E-state index in [0.29, 0.717) is 5.69 Å². The molecule has 1 aliphatic rings. The number of halogens is 1. The van der Waals surface area contributed by atoms with Crippen LogP contribution in [0.3, 0.4) is 0 Å². The van der Waals surface area contributed by atoms with Gasteiger partial charge in [-0.05, 0) is 11.4 Å². The molecule has 0 bridgehead atoms. The van der Waals surface area contributed by atoms with Gasteiger partial charge in [-0.1, -0.05) is 11.3 Å². The van der Waals surface area contributed by atoms with Crippen LogP contribution in [0.15, 0.2) is 11.4 Å². The first-order valence-corrected chi connectivity index (χ1v) is 6.41. The summed E-state index contributed by atoms with van der Waals surface area (Å²) in [6.45, 7) is 5.03. The van der Waals surface area contributed by atoms with Crippen LogP contribution < -0.4 is 5.32 Å². The zero-order chi connectivity index (χ0) is 12.1. The first-order chi connectivity index (χ1) is 8.27. The van der Waals surface area contributed by atoms with E-state index in [0.717, 1.165) is 50.7 Å². The number of nitrogens with one attached hydrogen (secondary N) is 1. The third-order valence-electron chi connectivity index (χ3n) is 2.66. The van der Waals surface area contributed by atoms with E-state index in [1.54, 1.807) is 11.4 Å². The molecule has 1 N–H and O–H groups in total. The quantitative estimate of drug-likeness (QED) is 0.662. The van der Waals surface area contributed by atoms with Crippen molar-refractivity contribution in [2.75, 3.05) is 44.7 Å². The highest BCUT2D eigenvalue weighted by molar-refractivity contribution is 7.14. The predicted molar refractivity (Wildman–Crippen MR) is 74.0 cm³/mol. The summed E-state index contributed by atoms with van der Waals surface area (Å²) in [6, 6.07) is 1.75. The van der Waals surface area contributed by atoms with Gasteiger partial charge in [-0.25, -0.2) is 0 Å². The first-order valence-electron chi connectivity index (χ1n) is 5.53. The van der Waals surface area contributed by atoms with Gasteiger partial charge in [0.15, 0.2) is 0 Å². The fourth-order valence-electron chi connectivity index (χ4n) is 1.75. The molecule has 0 aromatic carbocycles. The Hall–Kier alpha value is -0.890. The predicted octanol–water partition coefficient (Wildman–Crippen LogP) is 1.82. The van der Waals surface area contributed by atoms with Crippen LogP contribution in [0.25, 0.3) is 0 Å². The van der Waals surface area contributed by atoms with Crippen LogP contribution in [0.2, 0.25) is 0 Å². The van der Waals surface area contributed by atoms with Crippen LogP contribution in [0.5, 0.6) is 0 Å². The third kappa shape index (κ3) is 4.09. The minimum Gasteiger partial charge on any atom is -0.379 e. The van der Waals surface area contributed by atoms with Crippen LogP contribution in [0.1, 0.15) is 0 Å². The normalized spacial score (nSPS) is 16.0. The molecular formula is C10H16ClN3O3S. The molecule has 0 amide bonds. The average Bonchev–Trinajstić information content (AvgIpc) is 2.79. The van der Waals surface area contributed by atoms with E-state index in [9.17, 15) is 10.1 Å². The molecule has 1 aromatic rings. The summed E-state index contributed by atoms with van der Waals surface area (Å²) < 4.78 is 5.25. The lowest BCUT2D eigenvalue weighted by atomic mass is 10.4. The third-order valence-corrected chi connectivity index (χ3v) is 3.52. The minimum absolute atomic E-state index is 0. The molecule has 0 radical (unpaired) electrons. The van der Waals surface area contributed by atoms with Gasteiger partial charge in [0.05, 0.1) is 18.1 Å². The Morgan fingerprint density at radius 3 is 2.89 bits per heavy atom. The maximum atomic E-state index is 10.7. The second-order valence-corrected chi connectivity index (χ2v) is 4.67. The topological polar surface area (TPSA) is 67.6 Å². The Morgan fingerprint density at radius 2 is 2.22 bits per heavy atom. The fourth-order valence-corrected chi connectivity index (χ4v) is 2.44. The van der Waals surface area contributed by atoms with Crippen LogP contribution in [-0.2, 0) is 4.74 Å². The van der Waals surface area contributed by atoms with Crippen molar-refractivity contribution in [3.63, 3.8) is 0 Å². The number of nitrogens with zero attached hydrogens (tertiary/aromatic N) is 2. The Balaban J connectivity index is 0.00000162. The number of anilines is 1. The fraction of sp³-hybridized carbons (Fsp3) is 0.600. The van der Waals surface area contributed by atoms with Crippen molar-refractivity contribution in [3.05, 3.63) is 21.6 Å². The molecule has 1 aromatic heterocycles. The van der Waals surface area contributed by atoms with Crippen molar-refractivity contribution < 1.29 is 9.66 Å². The van der Waals surface area contributed by atoms with E-state index >= 15 is 0 Å². The molecule has 18 heavy (non-hydrogen) atoms. The number of morpholine rings is 1. The van der Waals surface area contributed by atoms with Gasteiger partial charge in [-0.3, -0.25) is 15.0 Å². The van der Waals surface area contributed by atoms with Crippen molar-refractivity contribution >= 4 is 34.4 Å². The van der Waals surface area contributed by atoms with Gasteiger partial charge in [0.1, 0.15) is 5.69 Å². The van der Waals surface area contributed by atoms with Gasteiger partial charge in [0, 0.05) is 26.2 Å². The molecule has 0 unspecified atom stereocenters. The van der Waals surface area contributed by atoms with Gasteiger partial charge in [-0.2, -0.15) is 0 Å². The Bertz CT molecular complexity index is 382. The zero-order valence-corrected chi connectivity index (χ0v) is 11.5. The van der Waals surface area contributed by atoms with Crippen molar-refractivity contribution in [2.45, 2.75) is 0 Å². The van der Waals surface area contributed by atoms with Crippen LogP contribution in [0.4, 0.5) is 10.7 Å². The van der Waals surface area contributed by atoms with Crippen LogP contribution in [-0.4, -0.2) is 49.2 Å². The highest BCUT2D eigenvalue weighted by atomic mass is 35.5. The van der Waals surface area contributed by atoms with Gasteiger partial charge < -0.3 is 10.1 Å². The molecule has 1 fully saturated rings. The van der Waals surface area contributed by atoms with Crippen molar-refractivity contribution in [2.24, 2.45) is 0 Å². The van der Waals surface area contributed by atoms with E-state index in [2.05, 4.69) is 10.2 Å². The second-order valence-electron chi connectivity index (χ2n) is 3.78. The van der Waals surface area contributed by atoms with Crippen LogP contribution >= 0.6 is 23.7 Å². The second kappa shape index (κ2) is 7.52. The van der Waals surface area contributed by atoms with Crippen molar-refractivity contribution in [1.29, 1.82) is 0 Å². The highest BCUT2D eigenvalue weighted by Gasteiger charge is 2.15. The largest absolute Gasteiger partial charge is 0.379 e. The zero-order valence-electron chi connectivity index (χ0n) is 9.83. The molecule has 6 nitrogen and oxygen atoms in total. The lowest BCUT2D eigenvalue weighted by molar-refractivity contribution is -0.379. The molecule has 102 valence electrons. The summed E-state index contributed by atoms with van der Waals surface area (Å²) in [6.07, 6.45) is 0. The lowest BCUT2D eigenvalue weighted by Crippen LogP contribution is -2.39. The molecule has 0 aliphatic carbocycles. The average molecular weight is 294 g/mol. The number of nitro groups is 1. The van der Waals surface area contributed by atoms with Gasteiger partial charge in [0.2, 0.25) is 0 Å². The summed E-state index contributed by atoms with van der Waals surface area (Å²) in [5, 5.41) is 15.7. The molecule has 1 aliphatic heterocycles. The summed E-state index contributed by atoms with van der Waals surface area (Å²) in [7, 11) is 0. The SMILES string of the molecule is Cl.O=[N+]([O-])c1sccc1NCCN1CCOCC1. The highest BCUT2D eigenvalue weighted by Crippen LogP contribution is 2.30. The number of rotatable bonds is 5. The molecule has 0 spiro atoms. The Labute approximate surface area is 115 Å². The summed E-state index contributed by atoms with van der Waals surface area (Å²) in [4.78, 5) is 12.6. The molecule has 0 saturated carbocycles. The van der Waals surface area contributed by atoms with Gasteiger partial charge >= 0.3 is 5.00 Å².